The van der Waals surface area contributed by atoms with E-state index in [0.29, 0.717) is 26.4 Å². The Bertz CT molecular complexity index is 1400. The third-order valence-corrected chi connectivity index (χ3v) is 6.27. The monoisotopic (exact) mass is 420 g/mol. The van der Waals surface area contributed by atoms with Gasteiger partial charge in [0.2, 0.25) is 0 Å². The lowest BCUT2D eigenvalue weighted by atomic mass is 10.1. The van der Waals surface area contributed by atoms with Crippen molar-refractivity contribution in [3.05, 3.63) is 95.1 Å². The smallest absolute Gasteiger partial charge is 0.135 e. The Morgan fingerprint density at radius 2 is 0.656 bits per heavy atom. The van der Waals surface area contributed by atoms with Crippen LogP contribution in [0.25, 0.3) is 43.9 Å². The van der Waals surface area contributed by atoms with E-state index in [9.17, 15) is 0 Å². The SMILES string of the molecule is c1cc2oc3ccc4cc3c2cc1COCc1ccc2oc3ccc(cc3c2c1)COC4. The molecule has 32 heavy (non-hydrogen) atoms. The Labute approximate surface area is 183 Å². The molecule has 4 nitrogen and oxygen atoms in total. The summed E-state index contributed by atoms with van der Waals surface area (Å²) in [4.78, 5) is 0. The molecule has 0 radical (unpaired) electrons. The van der Waals surface area contributed by atoms with Crippen LogP contribution in [0.15, 0.2) is 81.6 Å². The second-order valence-corrected chi connectivity index (χ2v) is 8.51. The van der Waals surface area contributed by atoms with Crippen LogP contribution >= 0.6 is 0 Å². The summed E-state index contributed by atoms with van der Waals surface area (Å²) >= 11 is 0. The van der Waals surface area contributed by atoms with Gasteiger partial charge in [-0.15, -0.1) is 0 Å². The maximum absolute atomic E-state index is 6.08. The lowest BCUT2D eigenvalue weighted by Crippen LogP contribution is -1.95. The summed E-state index contributed by atoms with van der Waals surface area (Å²) in [5, 5.41) is 4.44. The summed E-state index contributed by atoms with van der Waals surface area (Å²) in [6.07, 6.45) is 0. The van der Waals surface area contributed by atoms with Crippen molar-refractivity contribution in [1.29, 1.82) is 0 Å². The Balaban J connectivity index is 1.35. The van der Waals surface area contributed by atoms with Gasteiger partial charge >= 0.3 is 0 Å². The molecule has 0 spiro atoms. The molecule has 8 bridgehead atoms. The molecule has 0 fully saturated rings. The molecule has 4 heteroatoms. The summed E-state index contributed by atoms with van der Waals surface area (Å²) in [5.41, 5.74) is 8.07. The Morgan fingerprint density at radius 3 is 0.938 bits per heavy atom. The van der Waals surface area contributed by atoms with E-state index in [2.05, 4.69) is 48.5 Å². The zero-order valence-electron chi connectivity index (χ0n) is 17.4. The van der Waals surface area contributed by atoms with Crippen molar-refractivity contribution in [2.75, 3.05) is 0 Å². The molecule has 0 N–H and O–H groups in total. The fourth-order valence-corrected chi connectivity index (χ4v) is 4.68. The Morgan fingerprint density at radius 1 is 0.375 bits per heavy atom. The minimum absolute atomic E-state index is 0.541. The fraction of sp³-hybridized carbons (Fsp3) is 0.143. The van der Waals surface area contributed by atoms with Gasteiger partial charge < -0.3 is 18.3 Å². The van der Waals surface area contributed by atoms with Crippen molar-refractivity contribution in [1.82, 2.24) is 0 Å². The Kier molecular flexibility index (Phi) is 3.92. The maximum atomic E-state index is 6.08. The average molecular weight is 420 g/mol. The molecule has 1 aliphatic rings. The van der Waals surface area contributed by atoms with E-state index < -0.39 is 0 Å². The first kappa shape index (κ1) is 18.0. The molecule has 4 aromatic carbocycles. The highest BCUT2D eigenvalue weighted by Gasteiger charge is 2.12. The summed E-state index contributed by atoms with van der Waals surface area (Å²) in [5.74, 6) is 0. The van der Waals surface area contributed by atoms with Crippen LogP contribution in [-0.2, 0) is 35.9 Å². The van der Waals surface area contributed by atoms with E-state index in [4.69, 9.17) is 18.3 Å². The standard InChI is InChI=1S/C28H20O4/c1-5-25-21-9-17(1)13-29-14-18-3-7-27-23(11-18)24-12-20(4-8-28(24)32-27)16-30-15-19-2-6-26(31-25)22(21)10-19/h1-12H,13-16H2. The molecule has 0 saturated carbocycles. The minimum Gasteiger partial charge on any atom is -0.456 e. The largest absolute Gasteiger partial charge is 0.456 e. The van der Waals surface area contributed by atoms with Crippen molar-refractivity contribution >= 4 is 43.9 Å². The second kappa shape index (κ2) is 6.95. The minimum atomic E-state index is 0.541. The second-order valence-electron chi connectivity index (χ2n) is 8.51. The molecule has 7 rings (SSSR count). The molecule has 0 saturated heterocycles. The summed E-state index contributed by atoms with van der Waals surface area (Å²) < 4.78 is 24.2. The topological polar surface area (TPSA) is 44.7 Å². The predicted molar refractivity (Wildman–Crippen MR) is 124 cm³/mol. The highest BCUT2D eigenvalue weighted by Crippen LogP contribution is 2.32. The molecular weight excluding hydrogens is 400 g/mol. The van der Waals surface area contributed by atoms with Gasteiger partial charge in [0.05, 0.1) is 26.4 Å². The third-order valence-electron chi connectivity index (χ3n) is 6.27. The number of hydrogen-bond donors (Lipinski definition) is 0. The molecule has 6 aromatic rings. The quantitative estimate of drug-likeness (QED) is 0.260. The van der Waals surface area contributed by atoms with Crippen LogP contribution in [0, 0.1) is 0 Å². The molecular formula is C28H20O4. The van der Waals surface area contributed by atoms with Gasteiger partial charge in [0.15, 0.2) is 0 Å². The molecule has 3 heterocycles. The van der Waals surface area contributed by atoms with Crippen LogP contribution in [0.2, 0.25) is 0 Å². The molecule has 0 unspecified atom stereocenters. The molecule has 0 aliphatic carbocycles. The first-order valence-corrected chi connectivity index (χ1v) is 10.8. The number of ether oxygens (including phenoxy) is 2. The molecule has 156 valence electrons. The highest BCUT2D eigenvalue weighted by atomic mass is 16.5. The fourth-order valence-electron chi connectivity index (χ4n) is 4.68. The van der Waals surface area contributed by atoms with Gasteiger partial charge in [-0.05, 0) is 70.8 Å². The van der Waals surface area contributed by atoms with Crippen LogP contribution in [0.5, 0.6) is 0 Å². The van der Waals surface area contributed by atoms with Crippen LogP contribution in [0.1, 0.15) is 22.3 Å². The van der Waals surface area contributed by atoms with Crippen LogP contribution in [0.4, 0.5) is 0 Å². The van der Waals surface area contributed by atoms with E-state index in [-0.39, 0.29) is 0 Å². The van der Waals surface area contributed by atoms with Gasteiger partial charge in [-0.1, -0.05) is 24.3 Å². The number of hydrogen-bond acceptors (Lipinski definition) is 4. The lowest BCUT2D eigenvalue weighted by Gasteiger charge is -2.07. The van der Waals surface area contributed by atoms with Gasteiger partial charge in [0, 0.05) is 21.5 Å². The predicted octanol–water partition coefficient (Wildman–Crippen LogP) is 7.23. The van der Waals surface area contributed by atoms with E-state index >= 15 is 0 Å². The van der Waals surface area contributed by atoms with Crippen LogP contribution in [-0.4, -0.2) is 0 Å². The summed E-state index contributed by atoms with van der Waals surface area (Å²) in [6.45, 7) is 2.17. The van der Waals surface area contributed by atoms with Gasteiger partial charge in [-0.3, -0.25) is 0 Å². The van der Waals surface area contributed by atoms with E-state index in [1.807, 2.05) is 24.3 Å². The maximum Gasteiger partial charge on any atom is 0.135 e. The zero-order chi connectivity index (χ0) is 21.1. The van der Waals surface area contributed by atoms with Gasteiger partial charge in [-0.2, -0.15) is 0 Å². The molecule has 2 aromatic heterocycles. The van der Waals surface area contributed by atoms with E-state index in [1.165, 1.54) is 0 Å². The number of benzene rings is 4. The molecule has 0 atom stereocenters. The zero-order valence-corrected chi connectivity index (χ0v) is 17.4. The number of fused-ring (bicyclic) bond motifs is 4. The highest BCUT2D eigenvalue weighted by molar-refractivity contribution is 6.06. The van der Waals surface area contributed by atoms with Crippen molar-refractivity contribution in [2.24, 2.45) is 0 Å². The number of furan rings is 2. The van der Waals surface area contributed by atoms with Crippen molar-refractivity contribution < 1.29 is 18.3 Å². The van der Waals surface area contributed by atoms with Gasteiger partial charge in [0.25, 0.3) is 0 Å². The van der Waals surface area contributed by atoms with E-state index in [1.54, 1.807) is 0 Å². The van der Waals surface area contributed by atoms with Gasteiger partial charge in [0.1, 0.15) is 22.3 Å². The average Bonchev–Trinajstić information content (AvgIpc) is 3.36. The lowest BCUT2D eigenvalue weighted by molar-refractivity contribution is 0.107. The first-order valence-electron chi connectivity index (χ1n) is 10.8. The molecule has 1 aliphatic heterocycles. The normalized spacial score (nSPS) is 14.8. The van der Waals surface area contributed by atoms with Crippen molar-refractivity contribution in [2.45, 2.75) is 26.4 Å². The summed E-state index contributed by atoms with van der Waals surface area (Å²) in [7, 11) is 0. The number of rotatable bonds is 0. The third kappa shape index (κ3) is 2.92. The van der Waals surface area contributed by atoms with Crippen molar-refractivity contribution in [3.8, 4) is 0 Å². The van der Waals surface area contributed by atoms with Gasteiger partial charge in [-0.25, -0.2) is 0 Å². The van der Waals surface area contributed by atoms with Crippen LogP contribution < -0.4 is 0 Å². The Hall–Kier alpha value is -3.60. The van der Waals surface area contributed by atoms with Crippen molar-refractivity contribution in [3.63, 3.8) is 0 Å². The van der Waals surface area contributed by atoms with E-state index in [0.717, 1.165) is 66.1 Å². The molecule has 0 amide bonds. The van der Waals surface area contributed by atoms with Crippen LogP contribution in [0.3, 0.4) is 0 Å². The summed E-state index contributed by atoms with van der Waals surface area (Å²) in [6, 6.07) is 25.1. The first-order chi connectivity index (χ1) is 15.8.